The Kier molecular flexibility index (Phi) is 4.74. The van der Waals surface area contributed by atoms with E-state index in [0.717, 1.165) is 0 Å². The van der Waals surface area contributed by atoms with Gasteiger partial charge in [0.05, 0.1) is 0 Å². The van der Waals surface area contributed by atoms with Gasteiger partial charge in [-0.2, -0.15) is 0 Å². The second-order valence-electron chi connectivity index (χ2n) is 5.34. The van der Waals surface area contributed by atoms with E-state index in [2.05, 4.69) is 5.32 Å². The van der Waals surface area contributed by atoms with Crippen molar-refractivity contribution in [3.05, 3.63) is 53.8 Å². The molecular weight excluding hydrogens is 313 g/mol. The lowest BCUT2D eigenvalue weighted by molar-refractivity contribution is -0.116. The van der Waals surface area contributed by atoms with Crippen molar-refractivity contribution in [3.63, 3.8) is 0 Å². The number of fused-ring (bicyclic) bond motifs is 1. The monoisotopic (exact) mass is 329 g/mol. The second-order valence-corrected chi connectivity index (χ2v) is 5.34. The van der Waals surface area contributed by atoms with Crippen LogP contribution in [0.5, 0.6) is 11.5 Å². The SMILES string of the molecule is O=C(CCC(=O)c1ccc2c(c1)OCCO2)Nc1cccc(F)c1. The topological polar surface area (TPSA) is 64.6 Å². The van der Waals surface area contributed by atoms with Crippen LogP contribution in [0, 0.1) is 5.82 Å². The third-order valence-corrected chi connectivity index (χ3v) is 3.55. The van der Waals surface area contributed by atoms with E-state index in [1.54, 1.807) is 24.3 Å². The number of nitrogens with one attached hydrogen (secondary N) is 1. The summed E-state index contributed by atoms with van der Waals surface area (Å²) in [5, 5.41) is 2.56. The zero-order valence-corrected chi connectivity index (χ0v) is 12.9. The number of hydrogen-bond acceptors (Lipinski definition) is 4. The summed E-state index contributed by atoms with van der Waals surface area (Å²) in [6, 6.07) is 10.6. The van der Waals surface area contributed by atoms with Crippen molar-refractivity contribution in [2.75, 3.05) is 18.5 Å². The largest absolute Gasteiger partial charge is 0.486 e. The Morgan fingerprint density at radius 2 is 1.79 bits per heavy atom. The zero-order chi connectivity index (χ0) is 16.9. The minimum atomic E-state index is -0.430. The molecule has 0 saturated heterocycles. The molecule has 0 atom stereocenters. The van der Waals surface area contributed by atoms with Gasteiger partial charge in [-0.3, -0.25) is 9.59 Å². The van der Waals surface area contributed by atoms with Crippen LogP contribution in [-0.2, 0) is 4.79 Å². The predicted octanol–water partition coefficient (Wildman–Crippen LogP) is 3.20. The van der Waals surface area contributed by atoms with E-state index in [1.165, 1.54) is 18.2 Å². The molecule has 0 unspecified atom stereocenters. The van der Waals surface area contributed by atoms with E-state index in [1.807, 2.05) is 0 Å². The first-order valence-electron chi connectivity index (χ1n) is 7.60. The number of amides is 1. The molecule has 1 aliphatic rings. The van der Waals surface area contributed by atoms with Gasteiger partial charge < -0.3 is 14.8 Å². The van der Waals surface area contributed by atoms with Gasteiger partial charge in [-0.05, 0) is 36.4 Å². The van der Waals surface area contributed by atoms with Crippen LogP contribution in [-0.4, -0.2) is 24.9 Å². The van der Waals surface area contributed by atoms with Gasteiger partial charge in [0, 0.05) is 24.1 Å². The molecule has 0 radical (unpaired) electrons. The molecule has 1 heterocycles. The Balaban J connectivity index is 1.56. The number of rotatable bonds is 5. The van der Waals surface area contributed by atoms with Gasteiger partial charge in [0.25, 0.3) is 0 Å². The molecule has 2 aromatic carbocycles. The molecule has 124 valence electrons. The van der Waals surface area contributed by atoms with Crippen LogP contribution in [0.3, 0.4) is 0 Å². The fourth-order valence-electron chi connectivity index (χ4n) is 2.38. The Bertz CT molecular complexity index is 775. The summed E-state index contributed by atoms with van der Waals surface area (Å²) in [5.41, 5.74) is 0.838. The summed E-state index contributed by atoms with van der Waals surface area (Å²) in [7, 11) is 0. The lowest BCUT2D eigenvalue weighted by Crippen LogP contribution is -2.16. The number of Topliss-reactive ketones (excluding diaryl/α,β-unsaturated/α-hetero) is 1. The van der Waals surface area contributed by atoms with Gasteiger partial charge in [-0.1, -0.05) is 6.07 Å². The molecule has 6 heteroatoms. The lowest BCUT2D eigenvalue weighted by Gasteiger charge is -2.18. The average molecular weight is 329 g/mol. The Morgan fingerprint density at radius 1 is 1.00 bits per heavy atom. The number of carbonyl (C=O) groups is 2. The number of ether oxygens (including phenoxy) is 2. The maximum atomic E-state index is 13.1. The van der Waals surface area contributed by atoms with Gasteiger partial charge in [0.2, 0.25) is 5.91 Å². The van der Waals surface area contributed by atoms with E-state index in [4.69, 9.17) is 9.47 Å². The number of carbonyl (C=O) groups excluding carboxylic acids is 2. The van der Waals surface area contributed by atoms with Crippen LogP contribution in [0.2, 0.25) is 0 Å². The first-order valence-corrected chi connectivity index (χ1v) is 7.60. The van der Waals surface area contributed by atoms with Crippen molar-refractivity contribution in [1.82, 2.24) is 0 Å². The molecule has 5 nitrogen and oxygen atoms in total. The smallest absolute Gasteiger partial charge is 0.224 e. The Hall–Kier alpha value is -2.89. The molecular formula is C18H16FNO4. The molecule has 1 amide bonds. The van der Waals surface area contributed by atoms with Crippen LogP contribution < -0.4 is 14.8 Å². The Morgan fingerprint density at radius 3 is 2.58 bits per heavy atom. The number of ketones is 1. The van der Waals surface area contributed by atoms with E-state index >= 15 is 0 Å². The molecule has 0 bridgehead atoms. The molecule has 1 N–H and O–H groups in total. The highest BCUT2D eigenvalue weighted by atomic mass is 19.1. The molecule has 3 rings (SSSR count). The molecule has 2 aromatic rings. The molecule has 24 heavy (non-hydrogen) atoms. The van der Waals surface area contributed by atoms with Crippen molar-refractivity contribution in [1.29, 1.82) is 0 Å². The van der Waals surface area contributed by atoms with E-state index in [-0.39, 0.29) is 24.5 Å². The van der Waals surface area contributed by atoms with Gasteiger partial charge in [-0.15, -0.1) is 0 Å². The highest BCUT2D eigenvalue weighted by Gasteiger charge is 2.15. The number of anilines is 1. The average Bonchev–Trinajstić information content (AvgIpc) is 2.59. The first kappa shape index (κ1) is 16.0. The van der Waals surface area contributed by atoms with Crippen molar-refractivity contribution in [3.8, 4) is 11.5 Å². The fourth-order valence-corrected chi connectivity index (χ4v) is 2.38. The second kappa shape index (κ2) is 7.12. The van der Waals surface area contributed by atoms with Crippen LogP contribution in [0.1, 0.15) is 23.2 Å². The maximum Gasteiger partial charge on any atom is 0.224 e. The van der Waals surface area contributed by atoms with E-state index < -0.39 is 5.82 Å². The van der Waals surface area contributed by atoms with Crippen molar-refractivity contribution in [2.45, 2.75) is 12.8 Å². The third kappa shape index (κ3) is 3.90. The third-order valence-electron chi connectivity index (χ3n) is 3.55. The summed E-state index contributed by atoms with van der Waals surface area (Å²) in [4.78, 5) is 24.1. The van der Waals surface area contributed by atoms with Gasteiger partial charge in [0.1, 0.15) is 19.0 Å². The van der Waals surface area contributed by atoms with E-state index in [0.29, 0.717) is 36.0 Å². The van der Waals surface area contributed by atoms with Crippen molar-refractivity contribution in [2.24, 2.45) is 0 Å². The zero-order valence-electron chi connectivity index (χ0n) is 12.9. The maximum absolute atomic E-state index is 13.1. The van der Waals surface area contributed by atoms with Gasteiger partial charge in [0.15, 0.2) is 17.3 Å². The summed E-state index contributed by atoms with van der Waals surface area (Å²) < 4.78 is 23.9. The van der Waals surface area contributed by atoms with Gasteiger partial charge in [-0.25, -0.2) is 4.39 Å². The molecule has 0 saturated carbocycles. The quantitative estimate of drug-likeness (QED) is 0.856. The number of halogens is 1. The molecule has 1 aliphatic heterocycles. The first-order chi connectivity index (χ1) is 11.6. The van der Waals surface area contributed by atoms with Crippen LogP contribution in [0.4, 0.5) is 10.1 Å². The highest BCUT2D eigenvalue weighted by molar-refractivity contribution is 6.00. The fraction of sp³-hybridized carbons (Fsp3) is 0.222. The standard InChI is InChI=1S/C18H16FNO4/c19-13-2-1-3-14(11-13)20-18(22)7-5-15(21)12-4-6-16-17(10-12)24-9-8-23-16/h1-4,6,10-11H,5,7-9H2,(H,20,22). The predicted molar refractivity (Wildman–Crippen MR) is 86.0 cm³/mol. The Labute approximate surface area is 138 Å². The summed E-state index contributed by atoms with van der Waals surface area (Å²) in [5.74, 6) is 0.214. The lowest BCUT2D eigenvalue weighted by atomic mass is 10.1. The summed E-state index contributed by atoms with van der Waals surface area (Å²) in [6.45, 7) is 0.932. The van der Waals surface area contributed by atoms with Crippen LogP contribution in [0.25, 0.3) is 0 Å². The number of benzene rings is 2. The van der Waals surface area contributed by atoms with E-state index in [9.17, 15) is 14.0 Å². The molecule has 0 aromatic heterocycles. The van der Waals surface area contributed by atoms with Crippen molar-refractivity contribution >= 4 is 17.4 Å². The summed E-state index contributed by atoms with van der Waals surface area (Å²) >= 11 is 0. The van der Waals surface area contributed by atoms with Gasteiger partial charge >= 0.3 is 0 Å². The number of hydrogen-bond donors (Lipinski definition) is 1. The highest BCUT2D eigenvalue weighted by Crippen LogP contribution is 2.31. The normalized spacial score (nSPS) is 12.5. The summed E-state index contributed by atoms with van der Waals surface area (Å²) in [6.07, 6.45) is 0.0740. The van der Waals surface area contributed by atoms with Crippen molar-refractivity contribution < 1.29 is 23.5 Å². The molecule has 0 aliphatic carbocycles. The minimum absolute atomic E-state index is 0.0176. The van der Waals surface area contributed by atoms with Crippen LogP contribution >= 0.6 is 0 Å². The molecule has 0 fully saturated rings. The van der Waals surface area contributed by atoms with Crippen LogP contribution in [0.15, 0.2) is 42.5 Å². The molecule has 0 spiro atoms. The minimum Gasteiger partial charge on any atom is -0.486 e.